The summed E-state index contributed by atoms with van der Waals surface area (Å²) in [6.07, 6.45) is 4.70. The van der Waals surface area contributed by atoms with Crippen LogP contribution in [-0.4, -0.2) is 53.1 Å². The van der Waals surface area contributed by atoms with Gasteiger partial charge in [-0.15, -0.1) is 0 Å². The monoisotopic (exact) mass is 293 g/mol. The van der Waals surface area contributed by atoms with Crippen molar-refractivity contribution in [2.45, 2.75) is 71.1 Å². The van der Waals surface area contributed by atoms with E-state index >= 15 is 0 Å². The van der Waals surface area contributed by atoms with Gasteiger partial charge < -0.3 is 9.80 Å². The molecular weight excluding hydrogens is 262 g/mol. The molecule has 3 unspecified atom stereocenters. The van der Waals surface area contributed by atoms with Gasteiger partial charge in [0.05, 0.1) is 11.7 Å². The minimum Gasteiger partial charge on any atom is -0.321 e. The molecule has 120 valence electrons. The van der Waals surface area contributed by atoms with Gasteiger partial charge in [-0.2, -0.15) is 0 Å². The Bertz CT molecular complexity index is 403. The Morgan fingerprint density at radius 3 is 2.48 bits per heavy atom. The van der Waals surface area contributed by atoms with Gasteiger partial charge in [0.15, 0.2) is 0 Å². The van der Waals surface area contributed by atoms with Crippen LogP contribution in [-0.2, 0) is 4.79 Å². The first-order chi connectivity index (χ1) is 9.94. The lowest BCUT2D eigenvalue weighted by atomic mass is 9.82. The molecule has 4 heterocycles. The summed E-state index contributed by atoms with van der Waals surface area (Å²) < 4.78 is 0. The van der Waals surface area contributed by atoms with Crippen LogP contribution >= 0.6 is 0 Å². The van der Waals surface area contributed by atoms with Crippen molar-refractivity contribution in [2.75, 3.05) is 19.6 Å². The number of hydrogen-bond acceptors (Lipinski definition) is 3. The highest BCUT2D eigenvalue weighted by atomic mass is 16.2. The van der Waals surface area contributed by atoms with Crippen LogP contribution in [0.5, 0.6) is 0 Å². The number of carbonyl (C=O) groups excluding carboxylic acids is 1. The Kier molecular flexibility index (Phi) is 4.04. The number of fused-ring (bicyclic) bond motifs is 3. The highest BCUT2D eigenvalue weighted by Gasteiger charge is 2.52. The fourth-order valence-electron chi connectivity index (χ4n) is 4.43. The van der Waals surface area contributed by atoms with Gasteiger partial charge in [0, 0.05) is 12.6 Å². The van der Waals surface area contributed by atoms with Crippen molar-refractivity contribution in [3.63, 3.8) is 0 Å². The number of carbonyl (C=O) groups is 1. The molecule has 0 radical (unpaired) electrons. The number of hydrogen-bond donors (Lipinski definition) is 1. The second-order valence-electron chi connectivity index (χ2n) is 7.89. The standard InChI is InChI=1S/C17H31N3O/c1-5-17(4)16(21)20(15(18-17)10-12(2)3)14-11-19-8-6-13(14)7-9-19/h12-15,18H,5-11H2,1-4H3. The van der Waals surface area contributed by atoms with Gasteiger partial charge in [-0.3, -0.25) is 10.1 Å². The minimum absolute atomic E-state index is 0.230. The molecule has 4 rings (SSSR count). The summed E-state index contributed by atoms with van der Waals surface area (Å²) in [5, 5.41) is 3.66. The molecular formula is C17H31N3O. The quantitative estimate of drug-likeness (QED) is 0.862. The summed E-state index contributed by atoms with van der Waals surface area (Å²) >= 11 is 0. The van der Waals surface area contributed by atoms with Crippen LogP contribution in [0.3, 0.4) is 0 Å². The van der Waals surface area contributed by atoms with Gasteiger partial charge in [0.2, 0.25) is 5.91 Å². The van der Waals surface area contributed by atoms with Gasteiger partial charge in [-0.05, 0) is 57.5 Å². The lowest BCUT2D eigenvalue weighted by Gasteiger charge is -2.49. The van der Waals surface area contributed by atoms with E-state index in [1.807, 2.05) is 0 Å². The molecule has 1 N–H and O–H groups in total. The van der Waals surface area contributed by atoms with Crippen LogP contribution in [0.15, 0.2) is 0 Å². The van der Waals surface area contributed by atoms with Crippen molar-refractivity contribution >= 4 is 5.91 Å². The fourth-order valence-corrected chi connectivity index (χ4v) is 4.43. The summed E-state index contributed by atoms with van der Waals surface area (Å²) in [6, 6.07) is 0.435. The highest BCUT2D eigenvalue weighted by molar-refractivity contribution is 5.88. The third-order valence-electron chi connectivity index (χ3n) is 5.91. The second kappa shape index (κ2) is 5.54. The first-order valence-electron chi connectivity index (χ1n) is 8.77. The summed E-state index contributed by atoms with van der Waals surface area (Å²) in [4.78, 5) is 17.9. The third kappa shape index (κ3) is 2.61. The van der Waals surface area contributed by atoms with Gasteiger partial charge >= 0.3 is 0 Å². The van der Waals surface area contributed by atoms with E-state index in [2.05, 4.69) is 42.8 Å². The van der Waals surface area contributed by atoms with Crippen molar-refractivity contribution in [3.05, 3.63) is 0 Å². The number of amides is 1. The second-order valence-corrected chi connectivity index (χ2v) is 7.89. The molecule has 3 atom stereocenters. The average Bonchev–Trinajstić information content (AvgIpc) is 2.71. The SMILES string of the molecule is CCC1(C)NC(CC(C)C)N(C2CN3CCC2CC3)C1=O. The molecule has 4 fully saturated rings. The number of nitrogens with one attached hydrogen (secondary N) is 1. The summed E-state index contributed by atoms with van der Waals surface area (Å²) in [6.45, 7) is 12.3. The van der Waals surface area contributed by atoms with Gasteiger partial charge in [0.1, 0.15) is 0 Å². The fraction of sp³-hybridized carbons (Fsp3) is 0.941. The van der Waals surface area contributed by atoms with Crippen LogP contribution in [0, 0.1) is 11.8 Å². The molecule has 0 saturated carbocycles. The molecule has 0 aromatic heterocycles. The zero-order valence-corrected chi connectivity index (χ0v) is 14.1. The third-order valence-corrected chi connectivity index (χ3v) is 5.91. The highest BCUT2D eigenvalue weighted by Crippen LogP contribution is 2.37. The molecule has 4 saturated heterocycles. The topological polar surface area (TPSA) is 35.6 Å². The first kappa shape index (κ1) is 15.3. The lowest BCUT2D eigenvalue weighted by Crippen LogP contribution is -2.60. The maximum absolute atomic E-state index is 13.1. The molecule has 0 aliphatic carbocycles. The lowest BCUT2D eigenvalue weighted by molar-refractivity contribution is -0.139. The predicted molar refractivity (Wildman–Crippen MR) is 84.9 cm³/mol. The van der Waals surface area contributed by atoms with E-state index in [9.17, 15) is 4.79 Å². The molecule has 2 bridgehead atoms. The van der Waals surface area contributed by atoms with Gasteiger partial charge in [-0.1, -0.05) is 20.8 Å². The molecule has 0 spiro atoms. The van der Waals surface area contributed by atoms with E-state index in [1.54, 1.807) is 0 Å². The van der Waals surface area contributed by atoms with E-state index < -0.39 is 0 Å². The summed E-state index contributed by atoms with van der Waals surface area (Å²) in [5.41, 5.74) is -0.356. The Morgan fingerprint density at radius 2 is 2.00 bits per heavy atom. The molecule has 4 aliphatic rings. The summed E-state index contributed by atoms with van der Waals surface area (Å²) in [7, 11) is 0. The van der Waals surface area contributed by atoms with E-state index in [-0.39, 0.29) is 11.7 Å². The first-order valence-corrected chi connectivity index (χ1v) is 8.77. The Hall–Kier alpha value is -0.610. The van der Waals surface area contributed by atoms with Crippen molar-refractivity contribution in [1.29, 1.82) is 0 Å². The van der Waals surface area contributed by atoms with Crippen molar-refractivity contribution in [3.8, 4) is 0 Å². The normalized spacial score (nSPS) is 43.1. The van der Waals surface area contributed by atoms with E-state index in [4.69, 9.17) is 0 Å². The molecule has 0 aromatic rings. The number of nitrogens with zero attached hydrogens (tertiary/aromatic N) is 2. The Labute approximate surface area is 129 Å². The van der Waals surface area contributed by atoms with E-state index in [0.717, 1.165) is 25.3 Å². The molecule has 21 heavy (non-hydrogen) atoms. The van der Waals surface area contributed by atoms with E-state index in [1.165, 1.54) is 25.9 Å². The maximum Gasteiger partial charge on any atom is 0.244 e. The van der Waals surface area contributed by atoms with Gasteiger partial charge in [-0.25, -0.2) is 0 Å². The molecule has 0 aromatic carbocycles. The zero-order valence-electron chi connectivity index (χ0n) is 14.1. The number of piperidine rings is 3. The van der Waals surface area contributed by atoms with Crippen molar-refractivity contribution in [2.24, 2.45) is 11.8 Å². The van der Waals surface area contributed by atoms with Gasteiger partial charge in [0.25, 0.3) is 0 Å². The predicted octanol–water partition coefficient (Wildman–Crippen LogP) is 2.05. The molecule has 4 heteroatoms. The zero-order chi connectivity index (χ0) is 15.2. The molecule has 4 aliphatic heterocycles. The largest absolute Gasteiger partial charge is 0.321 e. The Balaban J connectivity index is 1.84. The summed E-state index contributed by atoms with van der Waals surface area (Å²) in [5.74, 6) is 1.67. The number of rotatable bonds is 4. The van der Waals surface area contributed by atoms with Crippen molar-refractivity contribution < 1.29 is 4.79 Å². The average molecular weight is 293 g/mol. The van der Waals surface area contributed by atoms with Crippen LogP contribution in [0.1, 0.15) is 53.4 Å². The maximum atomic E-state index is 13.1. The minimum atomic E-state index is -0.356. The van der Waals surface area contributed by atoms with Crippen LogP contribution in [0.4, 0.5) is 0 Å². The van der Waals surface area contributed by atoms with Crippen LogP contribution in [0.25, 0.3) is 0 Å². The Morgan fingerprint density at radius 1 is 1.33 bits per heavy atom. The van der Waals surface area contributed by atoms with E-state index in [0.29, 0.717) is 17.9 Å². The van der Waals surface area contributed by atoms with Crippen LogP contribution in [0.2, 0.25) is 0 Å². The molecule has 4 nitrogen and oxygen atoms in total. The van der Waals surface area contributed by atoms with Crippen LogP contribution < -0.4 is 5.32 Å². The smallest absolute Gasteiger partial charge is 0.244 e. The van der Waals surface area contributed by atoms with Crippen molar-refractivity contribution in [1.82, 2.24) is 15.1 Å². The molecule has 1 amide bonds.